The summed E-state index contributed by atoms with van der Waals surface area (Å²) in [5.74, 6) is 0.884. The number of carbonyl (C=O) groups excluding carboxylic acids is 1. The molecule has 128 valence electrons. The third kappa shape index (κ3) is 4.20. The van der Waals surface area contributed by atoms with Gasteiger partial charge in [-0.1, -0.05) is 19.3 Å². The molecule has 1 saturated carbocycles. The fraction of sp³-hybridized carbons (Fsp3) is 0.500. The lowest BCUT2D eigenvalue weighted by atomic mass is 9.85. The Morgan fingerprint density at radius 1 is 1.33 bits per heavy atom. The molecule has 0 spiro atoms. The summed E-state index contributed by atoms with van der Waals surface area (Å²) in [6.07, 6.45) is 12.3. The summed E-state index contributed by atoms with van der Waals surface area (Å²) in [6, 6.07) is 3.59. The maximum absolute atomic E-state index is 12.1. The minimum absolute atomic E-state index is 0.0743. The molecule has 0 radical (unpaired) electrons. The van der Waals surface area contributed by atoms with Gasteiger partial charge < -0.3 is 15.0 Å². The maximum Gasteiger partial charge on any atom is 0.226 e. The average molecular weight is 328 g/mol. The highest BCUT2D eigenvalue weighted by Crippen LogP contribution is 2.33. The number of aryl methyl sites for hydroxylation is 1. The van der Waals surface area contributed by atoms with E-state index in [1.807, 2.05) is 10.8 Å². The molecular weight excluding hydrogens is 304 g/mol. The number of nitrogens with zero attached hydrogens (tertiary/aromatic N) is 3. The fourth-order valence-corrected chi connectivity index (χ4v) is 3.32. The van der Waals surface area contributed by atoms with Crippen molar-refractivity contribution in [1.82, 2.24) is 14.5 Å². The molecule has 1 aliphatic carbocycles. The molecule has 2 aromatic rings. The predicted octanol–water partition coefficient (Wildman–Crippen LogP) is 2.92. The van der Waals surface area contributed by atoms with E-state index in [0.29, 0.717) is 24.5 Å². The molecule has 1 aliphatic rings. The molecule has 1 atom stereocenters. The number of imidazole rings is 1. The first-order valence-electron chi connectivity index (χ1n) is 8.63. The van der Waals surface area contributed by atoms with Gasteiger partial charge in [0.15, 0.2) is 0 Å². The first-order valence-corrected chi connectivity index (χ1v) is 8.63. The molecule has 6 heteroatoms. The number of aromatic nitrogens is 3. The third-order valence-electron chi connectivity index (χ3n) is 4.63. The molecule has 0 saturated heterocycles. The van der Waals surface area contributed by atoms with Crippen molar-refractivity contribution in [3.05, 3.63) is 42.7 Å². The van der Waals surface area contributed by atoms with E-state index in [4.69, 9.17) is 0 Å². The fourth-order valence-electron chi connectivity index (χ4n) is 3.32. The molecule has 24 heavy (non-hydrogen) atoms. The summed E-state index contributed by atoms with van der Waals surface area (Å²) in [5, 5.41) is 13.4. The van der Waals surface area contributed by atoms with Crippen LogP contribution in [0.3, 0.4) is 0 Å². The highest BCUT2D eigenvalue weighted by atomic mass is 16.3. The van der Waals surface area contributed by atoms with Gasteiger partial charge in [0, 0.05) is 31.6 Å². The van der Waals surface area contributed by atoms with Crippen LogP contribution >= 0.6 is 0 Å². The van der Waals surface area contributed by atoms with Crippen LogP contribution < -0.4 is 5.32 Å². The lowest BCUT2D eigenvalue weighted by Crippen LogP contribution is -2.21. The third-order valence-corrected chi connectivity index (χ3v) is 4.63. The molecule has 0 bridgehead atoms. The first-order chi connectivity index (χ1) is 11.7. The van der Waals surface area contributed by atoms with E-state index in [0.717, 1.165) is 12.8 Å². The molecule has 2 aromatic heterocycles. The van der Waals surface area contributed by atoms with Gasteiger partial charge in [0.05, 0.1) is 11.9 Å². The Hall–Kier alpha value is -2.21. The van der Waals surface area contributed by atoms with Crippen molar-refractivity contribution < 1.29 is 9.90 Å². The second-order valence-electron chi connectivity index (χ2n) is 6.36. The van der Waals surface area contributed by atoms with Gasteiger partial charge in [0.1, 0.15) is 11.9 Å². The highest BCUT2D eigenvalue weighted by molar-refractivity contribution is 5.90. The number of amides is 1. The van der Waals surface area contributed by atoms with Crippen molar-refractivity contribution >= 4 is 11.6 Å². The van der Waals surface area contributed by atoms with E-state index < -0.39 is 6.10 Å². The number of pyridine rings is 1. The number of rotatable bonds is 6. The SMILES string of the molecule is O=C(CCn1ccnc1C(O)C1CCCCC1)Nc1cccnc1. The van der Waals surface area contributed by atoms with Crippen molar-refractivity contribution in [2.75, 3.05) is 5.32 Å². The van der Waals surface area contributed by atoms with Crippen LogP contribution in [0.25, 0.3) is 0 Å². The summed E-state index contributed by atoms with van der Waals surface area (Å²) >= 11 is 0. The number of aliphatic hydroxyl groups is 1. The summed E-state index contributed by atoms with van der Waals surface area (Å²) in [6.45, 7) is 0.505. The minimum Gasteiger partial charge on any atom is -0.385 e. The quantitative estimate of drug-likeness (QED) is 0.854. The Labute approximate surface area is 141 Å². The molecule has 6 nitrogen and oxygen atoms in total. The van der Waals surface area contributed by atoms with Crippen LogP contribution in [-0.4, -0.2) is 25.5 Å². The van der Waals surface area contributed by atoms with Crippen LogP contribution in [0, 0.1) is 5.92 Å². The summed E-state index contributed by atoms with van der Waals surface area (Å²) in [5.41, 5.74) is 0.690. The minimum atomic E-state index is -0.540. The molecule has 0 aliphatic heterocycles. The van der Waals surface area contributed by atoms with Gasteiger partial charge in [0.25, 0.3) is 0 Å². The van der Waals surface area contributed by atoms with Crippen LogP contribution in [0.4, 0.5) is 5.69 Å². The zero-order chi connectivity index (χ0) is 16.8. The largest absolute Gasteiger partial charge is 0.385 e. The normalized spacial score (nSPS) is 16.7. The van der Waals surface area contributed by atoms with Crippen molar-refractivity contribution in [3.63, 3.8) is 0 Å². The zero-order valence-corrected chi connectivity index (χ0v) is 13.8. The van der Waals surface area contributed by atoms with E-state index in [2.05, 4.69) is 15.3 Å². The van der Waals surface area contributed by atoms with Gasteiger partial charge >= 0.3 is 0 Å². The van der Waals surface area contributed by atoms with Crippen LogP contribution in [-0.2, 0) is 11.3 Å². The van der Waals surface area contributed by atoms with Crippen molar-refractivity contribution in [3.8, 4) is 0 Å². The highest BCUT2D eigenvalue weighted by Gasteiger charge is 2.26. The molecule has 1 amide bonds. The first kappa shape index (κ1) is 16.6. The molecule has 3 rings (SSSR count). The number of carbonyl (C=O) groups is 1. The van der Waals surface area contributed by atoms with Gasteiger partial charge in [-0.05, 0) is 30.9 Å². The number of hydrogen-bond acceptors (Lipinski definition) is 4. The molecular formula is C18H24N4O2. The Morgan fingerprint density at radius 3 is 2.92 bits per heavy atom. The lowest BCUT2D eigenvalue weighted by Gasteiger charge is -2.26. The zero-order valence-electron chi connectivity index (χ0n) is 13.8. The van der Waals surface area contributed by atoms with Crippen molar-refractivity contribution in [1.29, 1.82) is 0 Å². The van der Waals surface area contributed by atoms with Crippen molar-refractivity contribution in [2.24, 2.45) is 5.92 Å². The van der Waals surface area contributed by atoms with Gasteiger partial charge in [-0.2, -0.15) is 0 Å². The Balaban J connectivity index is 1.56. The summed E-state index contributed by atoms with van der Waals surface area (Å²) in [4.78, 5) is 20.4. The van der Waals surface area contributed by atoms with Crippen LogP contribution in [0.1, 0.15) is 50.5 Å². The number of hydrogen-bond donors (Lipinski definition) is 2. The second-order valence-corrected chi connectivity index (χ2v) is 6.36. The predicted molar refractivity (Wildman–Crippen MR) is 91.2 cm³/mol. The standard InChI is InChI=1S/C18H24N4O2/c23-16(21-15-7-4-9-19-13-15)8-11-22-12-10-20-18(22)17(24)14-5-2-1-3-6-14/h4,7,9-10,12-14,17,24H,1-3,5-6,8,11H2,(H,21,23). The van der Waals surface area contributed by atoms with Crippen molar-refractivity contribution in [2.45, 2.75) is 51.2 Å². The van der Waals surface area contributed by atoms with Gasteiger partial charge in [-0.15, -0.1) is 0 Å². The molecule has 1 unspecified atom stereocenters. The van der Waals surface area contributed by atoms with E-state index >= 15 is 0 Å². The van der Waals surface area contributed by atoms with E-state index in [-0.39, 0.29) is 11.8 Å². The molecule has 2 heterocycles. The summed E-state index contributed by atoms with van der Waals surface area (Å²) < 4.78 is 1.89. The molecule has 0 aromatic carbocycles. The molecule has 1 fully saturated rings. The lowest BCUT2D eigenvalue weighted by molar-refractivity contribution is -0.116. The number of anilines is 1. The van der Waals surface area contributed by atoms with Gasteiger partial charge in [0.2, 0.25) is 5.91 Å². The monoisotopic (exact) mass is 328 g/mol. The number of nitrogens with one attached hydrogen (secondary N) is 1. The topological polar surface area (TPSA) is 80.0 Å². The van der Waals surface area contributed by atoms with E-state index in [1.165, 1.54) is 19.3 Å². The van der Waals surface area contributed by atoms with Crippen LogP contribution in [0.2, 0.25) is 0 Å². The van der Waals surface area contributed by atoms with Gasteiger partial charge in [-0.25, -0.2) is 4.98 Å². The smallest absolute Gasteiger partial charge is 0.226 e. The average Bonchev–Trinajstić information content (AvgIpc) is 3.09. The Bertz CT molecular complexity index is 650. The maximum atomic E-state index is 12.1. The number of aliphatic hydroxyl groups excluding tert-OH is 1. The second kappa shape index (κ2) is 8.06. The Kier molecular flexibility index (Phi) is 5.59. The summed E-state index contributed by atoms with van der Waals surface area (Å²) in [7, 11) is 0. The van der Waals surface area contributed by atoms with Crippen LogP contribution in [0.5, 0.6) is 0 Å². The van der Waals surface area contributed by atoms with Crippen LogP contribution in [0.15, 0.2) is 36.9 Å². The molecule has 2 N–H and O–H groups in total. The van der Waals surface area contributed by atoms with E-state index in [1.54, 1.807) is 30.7 Å². The van der Waals surface area contributed by atoms with Gasteiger partial charge in [-0.3, -0.25) is 9.78 Å². The van der Waals surface area contributed by atoms with E-state index in [9.17, 15) is 9.90 Å². The Morgan fingerprint density at radius 2 is 2.17 bits per heavy atom.